The molecule has 0 amide bonds. The van der Waals surface area contributed by atoms with Crippen LogP contribution in [0, 0.1) is 0 Å². The molecule has 0 unspecified atom stereocenters. The zero-order valence-corrected chi connectivity index (χ0v) is 12.0. The number of hydrogen-bond acceptors (Lipinski definition) is 3. The van der Waals surface area contributed by atoms with Gasteiger partial charge in [-0.05, 0) is 42.3 Å². The van der Waals surface area contributed by atoms with Gasteiger partial charge in [-0.25, -0.2) is 0 Å². The number of fused-ring (bicyclic) bond motifs is 1. The fourth-order valence-electron chi connectivity index (χ4n) is 2.40. The van der Waals surface area contributed by atoms with Gasteiger partial charge in [-0.2, -0.15) is 0 Å². The van der Waals surface area contributed by atoms with Gasteiger partial charge in [0.25, 0.3) is 0 Å². The largest absolute Gasteiger partial charge is 0.455 e. The topological polar surface area (TPSA) is 48.1 Å². The van der Waals surface area contributed by atoms with Crippen molar-refractivity contribution in [2.24, 2.45) is 0 Å². The van der Waals surface area contributed by atoms with E-state index in [1.807, 2.05) is 30.3 Å². The molecule has 0 aliphatic heterocycles. The van der Waals surface area contributed by atoms with Gasteiger partial charge >= 0.3 is 0 Å². The normalized spacial score (nSPS) is 10.7. The van der Waals surface area contributed by atoms with Crippen LogP contribution in [0.1, 0.15) is 18.9 Å². The lowest BCUT2D eigenvalue weighted by Crippen LogP contribution is -1.94. The highest BCUT2D eigenvalue weighted by molar-refractivity contribution is 5.95. The maximum atomic E-state index is 6.19. The lowest BCUT2D eigenvalue weighted by molar-refractivity contribution is 0.485. The van der Waals surface area contributed by atoms with Crippen LogP contribution < -0.4 is 10.5 Å². The van der Waals surface area contributed by atoms with E-state index in [0.717, 1.165) is 29.4 Å². The molecule has 0 bridgehead atoms. The number of aromatic nitrogens is 1. The van der Waals surface area contributed by atoms with Crippen molar-refractivity contribution in [3.8, 4) is 11.5 Å². The smallest absolute Gasteiger partial charge is 0.150 e. The van der Waals surface area contributed by atoms with Crippen LogP contribution in [0.25, 0.3) is 10.8 Å². The Morgan fingerprint density at radius 3 is 2.62 bits per heavy atom. The predicted molar refractivity (Wildman–Crippen MR) is 86.7 cm³/mol. The number of aryl methyl sites for hydroxylation is 1. The van der Waals surface area contributed by atoms with Crippen LogP contribution in [0.3, 0.4) is 0 Å². The summed E-state index contributed by atoms with van der Waals surface area (Å²) in [5.74, 6) is 1.48. The van der Waals surface area contributed by atoms with Crippen LogP contribution in [0.4, 0.5) is 5.69 Å². The van der Waals surface area contributed by atoms with Gasteiger partial charge in [-0.1, -0.05) is 25.5 Å². The second kappa shape index (κ2) is 5.83. The Bertz CT molecular complexity index is 751. The second-order valence-electron chi connectivity index (χ2n) is 5.07. The molecule has 0 aliphatic carbocycles. The maximum Gasteiger partial charge on any atom is 0.150 e. The van der Waals surface area contributed by atoms with Crippen LogP contribution in [0.15, 0.2) is 54.9 Å². The van der Waals surface area contributed by atoms with Crippen LogP contribution in [-0.2, 0) is 6.42 Å². The minimum absolute atomic E-state index is 0.646. The Morgan fingerprint density at radius 1 is 1.05 bits per heavy atom. The maximum absolute atomic E-state index is 6.19. The average Bonchev–Trinajstić information content (AvgIpc) is 2.52. The molecule has 0 radical (unpaired) electrons. The van der Waals surface area contributed by atoms with E-state index in [2.05, 4.69) is 24.0 Å². The van der Waals surface area contributed by atoms with Crippen LogP contribution in [0.2, 0.25) is 0 Å². The first-order chi connectivity index (χ1) is 10.3. The Hall–Kier alpha value is -2.55. The fourth-order valence-corrected chi connectivity index (χ4v) is 2.40. The highest BCUT2D eigenvalue weighted by Crippen LogP contribution is 2.33. The molecule has 3 nitrogen and oxygen atoms in total. The van der Waals surface area contributed by atoms with Crippen molar-refractivity contribution in [3.05, 3.63) is 60.4 Å². The molecule has 1 heterocycles. The van der Waals surface area contributed by atoms with E-state index in [9.17, 15) is 0 Å². The molecule has 0 aliphatic rings. The third-order valence-corrected chi connectivity index (χ3v) is 3.51. The molecule has 2 aromatic carbocycles. The number of anilines is 1. The molecular weight excluding hydrogens is 260 g/mol. The predicted octanol–water partition coefficient (Wildman–Crippen LogP) is 4.56. The Balaban J connectivity index is 1.89. The van der Waals surface area contributed by atoms with E-state index in [4.69, 9.17) is 10.5 Å². The van der Waals surface area contributed by atoms with Crippen molar-refractivity contribution in [2.75, 3.05) is 5.73 Å². The van der Waals surface area contributed by atoms with Gasteiger partial charge in [0.15, 0.2) is 5.75 Å². The third kappa shape index (κ3) is 2.82. The molecule has 2 N–H and O–H groups in total. The molecule has 3 aromatic rings. The first kappa shape index (κ1) is 13.4. The number of benzene rings is 2. The van der Waals surface area contributed by atoms with E-state index in [1.54, 1.807) is 12.4 Å². The van der Waals surface area contributed by atoms with E-state index < -0.39 is 0 Å². The Kier molecular flexibility index (Phi) is 3.73. The van der Waals surface area contributed by atoms with Gasteiger partial charge in [-0.15, -0.1) is 0 Å². The minimum atomic E-state index is 0.646. The summed E-state index contributed by atoms with van der Waals surface area (Å²) in [5, 5.41) is 1.98. The number of nitrogens with two attached hydrogens (primary N) is 1. The van der Waals surface area contributed by atoms with Crippen molar-refractivity contribution in [3.63, 3.8) is 0 Å². The number of nitrogens with zero attached hydrogens (tertiary/aromatic N) is 1. The van der Waals surface area contributed by atoms with Crippen molar-refractivity contribution in [2.45, 2.75) is 19.8 Å². The summed E-state index contributed by atoms with van der Waals surface area (Å²) in [6.07, 6.45) is 5.77. The van der Waals surface area contributed by atoms with Gasteiger partial charge in [0.05, 0.1) is 5.69 Å². The van der Waals surface area contributed by atoms with Gasteiger partial charge in [-0.3, -0.25) is 4.98 Å². The Labute approximate surface area is 124 Å². The molecule has 3 rings (SSSR count). The summed E-state index contributed by atoms with van der Waals surface area (Å²) < 4.78 is 5.90. The van der Waals surface area contributed by atoms with Crippen molar-refractivity contribution < 1.29 is 4.74 Å². The number of rotatable bonds is 4. The number of pyridine rings is 1. The molecule has 0 spiro atoms. The monoisotopic (exact) mass is 278 g/mol. The summed E-state index contributed by atoms with van der Waals surface area (Å²) in [5.41, 5.74) is 8.16. The third-order valence-electron chi connectivity index (χ3n) is 3.51. The zero-order chi connectivity index (χ0) is 14.7. The van der Waals surface area contributed by atoms with Crippen LogP contribution in [-0.4, -0.2) is 4.98 Å². The molecule has 0 saturated carbocycles. The quantitative estimate of drug-likeness (QED) is 0.711. The molecule has 1 aromatic heterocycles. The van der Waals surface area contributed by atoms with Crippen LogP contribution >= 0.6 is 0 Å². The lowest BCUT2D eigenvalue weighted by Gasteiger charge is -2.11. The number of ether oxygens (including phenoxy) is 1. The first-order valence-electron chi connectivity index (χ1n) is 7.17. The first-order valence-corrected chi connectivity index (χ1v) is 7.17. The van der Waals surface area contributed by atoms with E-state index in [1.165, 1.54) is 5.56 Å². The molecule has 0 atom stereocenters. The van der Waals surface area contributed by atoms with E-state index >= 15 is 0 Å². The Morgan fingerprint density at radius 2 is 1.86 bits per heavy atom. The summed E-state index contributed by atoms with van der Waals surface area (Å²) in [6.45, 7) is 2.18. The second-order valence-corrected chi connectivity index (χ2v) is 5.07. The average molecular weight is 278 g/mol. The van der Waals surface area contributed by atoms with Crippen molar-refractivity contribution in [1.82, 2.24) is 4.98 Å². The zero-order valence-electron chi connectivity index (χ0n) is 12.0. The summed E-state index contributed by atoms with van der Waals surface area (Å²) in [4.78, 5) is 4.10. The van der Waals surface area contributed by atoms with Crippen LogP contribution in [0.5, 0.6) is 11.5 Å². The van der Waals surface area contributed by atoms with E-state index in [0.29, 0.717) is 11.4 Å². The minimum Gasteiger partial charge on any atom is -0.455 e. The van der Waals surface area contributed by atoms with Gasteiger partial charge in [0.1, 0.15) is 5.75 Å². The van der Waals surface area contributed by atoms with Crippen molar-refractivity contribution in [1.29, 1.82) is 0 Å². The molecule has 3 heteroatoms. The fraction of sp³-hybridized carbons (Fsp3) is 0.167. The van der Waals surface area contributed by atoms with E-state index in [-0.39, 0.29) is 0 Å². The SMILES string of the molecule is CCCc1ccc(Oc2ccc3cnccc3c2N)cc1. The van der Waals surface area contributed by atoms with Gasteiger partial charge in [0.2, 0.25) is 0 Å². The molecule has 21 heavy (non-hydrogen) atoms. The van der Waals surface area contributed by atoms with Crippen molar-refractivity contribution >= 4 is 16.5 Å². The molecule has 0 saturated heterocycles. The number of hydrogen-bond donors (Lipinski definition) is 1. The highest BCUT2D eigenvalue weighted by Gasteiger charge is 2.06. The summed E-state index contributed by atoms with van der Waals surface area (Å²) in [7, 11) is 0. The number of nitrogen functional groups attached to an aromatic ring is 1. The highest BCUT2D eigenvalue weighted by atomic mass is 16.5. The molecular formula is C18H18N2O. The molecule has 106 valence electrons. The summed E-state index contributed by atoms with van der Waals surface area (Å²) in [6, 6.07) is 13.9. The van der Waals surface area contributed by atoms with Gasteiger partial charge < -0.3 is 10.5 Å². The van der Waals surface area contributed by atoms with Gasteiger partial charge in [0, 0.05) is 23.2 Å². The standard InChI is InChI=1S/C18H18N2O/c1-2-3-13-4-7-15(8-5-13)21-17-9-6-14-12-20-11-10-16(14)18(17)19/h4-12H,2-3,19H2,1H3. The summed E-state index contributed by atoms with van der Waals surface area (Å²) >= 11 is 0. The lowest BCUT2D eigenvalue weighted by atomic mass is 10.1. The molecule has 0 fully saturated rings.